The van der Waals surface area contributed by atoms with Gasteiger partial charge in [-0.15, -0.1) is 0 Å². The normalized spacial score (nSPS) is 13.4. The van der Waals surface area contributed by atoms with Crippen LogP contribution >= 0.6 is 0 Å². The van der Waals surface area contributed by atoms with E-state index in [0.29, 0.717) is 16.8 Å². The van der Waals surface area contributed by atoms with E-state index in [2.05, 4.69) is 4.72 Å². The third kappa shape index (κ3) is 4.23. The summed E-state index contributed by atoms with van der Waals surface area (Å²) in [5.41, 5.74) is 1.82. The summed E-state index contributed by atoms with van der Waals surface area (Å²) in [5, 5.41) is 0. The average Bonchev–Trinajstić information content (AvgIpc) is 2.87. The first-order valence-electron chi connectivity index (χ1n) is 11.4. The van der Waals surface area contributed by atoms with Crippen LogP contribution in [0.4, 0.5) is 5.69 Å². The van der Waals surface area contributed by atoms with E-state index in [1.807, 2.05) is 12.1 Å². The van der Waals surface area contributed by atoms with Crippen molar-refractivity contribution in [2.75, 3.05) is 4.72 Å². The van der Waals surface area contributed by atoms with Crippen molar-refractivity contribution in [2.45, 2.75) is 30.6 Å². The molecule has 0 atom stereocenters. The summed E-state index contributed by atoms with van der Waals surface area (Å²) < 4.78 is 37.9. The van der Waals surface area contributed by atoms with Gasteiger partial charge in [-0.2, -0.15) is 0 Å². The van der Waals surface area contributed by atoms with Crippen molar-refractivity contribution in [1.29, 1.82) is 0 Å². The number of para-hydroxylation sites is 1. The Kier molecular flexibility index (Phi) is 5.72. The lowest BCUT2D eigenvalue weighted by Crippen LogP contribution is -2.39. The molecule has 1 aliphatic carbocycles. The molecular weight excluding hydrogens is 466 g/mol. The molecule has 1 aliphatic rings. The Hall–Kier alpha value is -3.85. The number of anilines is 1. The Balaban J connectivity index is 1.65. The van der Waals surface area contributed by atoms with E-state index in [9.17, 15) is 18.0 Å². The van der Waals surface area contributed by atoms with Gasteiger partial charge in [0.2, 0.25) is 0 Å². The number of benzene rings is 3. The van der Waals surface area contributed by atoms with Crippen molar-refractivity contribution in [1.82, 2.24) is 9.13 Å². The van der Waals surface area contributed by atoms with Crippen LogP contribution in [0.5, 0.6) is 11.5 Å². The molecule has 0 spiro atoms. The maximum absolute atomic E-state index is 13.4. The van der Waals surface area contributed by atoms with Crippen molar-refractivity contribution in [2.24, 2.45) is 14.1 Å². The third-order valence-electron chi connectivity index (χ3n) is 6.44. The Morgan fingerprint density at radius 1 is 0.800 bits per heavy atom. The number of nitrogens with one attached hydrogen (secondary N) is 1. The van der Waals surface area contributed by atoms with E-state index in [1.54, 1.807) is 42.5 Å². The number of hydrogen-bond acceptors (Lipinski definition) is 5. The summed E-state index contributed by atoms with van der Waals surface area (Å²) in [4.78, 5) is 24.9. The molecule has 0 radical (unpaired) electrons. The van der Waals surface area contributed by atoms with Crippen LogP contribution in [-0.2, 0) is 37.0 Å². The molecule has 35 heavy (non-hydrogen) atoms. The van der Waals surface area contributed by atoms with Crippen molar-refractivity contribution in [3.05, 3.63) is 92.5 Å². The van der Waals surface area contributed by atoms with Crippen LogP contribution in [0.2, 0.25) is 0 Å². The van der Waals surface area contributed by atoms with E-state index >= 15 is 0 Å². The Morgan fingerprint density at radius 3 is 2.11 bits per heavy atom. The Morgan fingerprint density at radius 2 is 1.43 bits per heavy atom. The number of nitrogens with zero attached hydrogens (tertiary/aromatic N) is 2. The van der Waals surface area contributed by atoms with E-state index < -0.39 is 21.1 Å². The van der Waals surface area contributed by atoms with Gasteiger partial charge in [-0.3, -0.25) is 14.3 Å². The highest BCUT2D eigenvalue weighted by Crippen LogP contribution is 2.35. The number of hydrogen-bond donors (Lipinski definition) is 1. The molecule has 0 amide bonds. The molecule has 0 fully saturated rings. The van der Waals surface area contributed by atoms with E-state index in [1.165, 1.54) is 34.9 Å². The second-order valence-corrected chi connectivity index (χ2v) is 10.4. The van der Waals surface area contributed by atoms with Crippen LogP contribution in [0.3, 0.4) is 0 Å². The fraction of sp³-hybridized carbons (Fsp3) is 0.231. The lowest BCUT2D eigenvalue weighted by atomic mass is 9.92. The van der Waals surface area contributed by atoms with Crippen LogP contribution in [0.25, 0.3) is 11.0 Å². The number of fused-ring (bicyclic) bond motifs is 2. The van der Waals surface area contributed by atoms with Crippen LogP contribution in [0.1, 0.15) is 24.0 Å². The predicted molar refractivity (Wildman–Crippen MR) is 135 cm³/mol. The highest BCUT2D eigenvalue weighted by atomic mass is 32.2. The van der Waals surface area contributed by atoms with Crippen molar-refractivity contribution < 1.29 is 13.2 Å². The maximum atomic E-state index is 13.4. The number of aryl methyl sites for hydroxylation is 4. The standard InChI is InChI=1S/C26H25N3O5S/c1-28-22-15-21(27-35(32,33)20-13-12-17-8-6-7-9-18(17)14-20)24(34-19-10-4-3-5-11-19)16-23(22)29(2)26(31)25(28)30/h3-5,10-16,27H,6-9H2,1-2H3. The summed E-state index contributed by atoms with van der Waals surface area (Å²) in [6.07, 6.45) is 3.95. The fourth-order valence-corrected chi connectivity index (χ4v) is 5.57. The number of sulfonamides is 1. The van der Waals surface area contributed by atoms with Crippen LogP contribution in [-0.4, -0.2) is 17.6 Å². The van der Waals surface area contributed by atoms with Gasteiger partial charge in [0.25, 0.3) is 10.0 Å². The molecular formula is C26H25N3O5S. The molecule has 8 nitrogen and oxygen atoms in total. The topological polar surface area (TPSA) is 99.4 Å². The Labute approximate surface area is 202 Å². The van der Waals surface area contributed by atoms with E-state index in [4.69, 9.17) is 4.74 Å². The molecule has 0 saturated heterocycles. The zero-order chi connectivity index (χ0) is 24.7. The van der Waals surface area contributed by atoms with Gasteiger partial charge in [0, 0.05) is 20.2 Å². The molecule has 3 aromatic carbocycles. The summed E-state index contributed by atoms with van der Waals surface area (Å²) in [6.45, 7) is 0. The summed E-state index contributed by atoms with van der Waals surface area (Å²) in [6, 6.07) is 17.2. The van der Waals surface area contributed by atoms with Gasteiger partial charge in [-0.25, -0.2) is 8.42 Å². The number of rotatable bonds is 5. The molecule has 180 valence electrons. The summed E-state index contributed by atoms with van der Waals surface area (Å²) >= 11 is 0. The van der Waals surface area contributed by atoms with Gasteiger partial charge >= 0.3 is 11.1 Å². The monoisotopic (exact) mass is 491 g/mol. The molecule has 9 heteroatoms. The first-order valence-corrected chi connectivity index (χ1v) is 12.8. The SMILES string of the molecule is Cn1c(=O)c(=O)n(C)c2cc(Oc3ccccc3)c(NS(=O)(=O)c3ccc4c(c3)CCCC4)cc21. The minimum absolute atomic E-state index is 0.160. The average molecular weight is 492 g/mol. The largest absolute Gasteiger partial charge is 0.455 e. The zero-order valence-electron chi connectivity index (χ0n) is 19.4. The quantitative estimate of drug-likeness (QED) is 0.429. The molecule has 0 aliphatic heterocycles. The minimum Gasteiger partial charge on any atom is -0.455 e. The molecule has 5 rings (SSSR count). The van der Waals surface area contributed by atoms with Gasteiger partial charge in [-0.1, -0.05) is 24.3 Å². The molecule has 0 saturated carbocycles. The first kappa shape index (κ1) is 22.9. The van der Waals surface area contributed by atoms with Gasteiger partial charge in [0.15, 0.2) is 5.75 Å². The van der Waals surface area contributed by atoms with E-state index in [0.717, 1.165) is 31.2 Å². The Bertz CT molecular complexity index is 1670. The number of aromatic nitrogens is 2. The lowest BCUT2D eigenvalue weighted by molar-refractivity contribution is 0.485. The second-order valence-electron chi connectivity index (χ2n) is 8.72. The second kappa shape index (κ2) is 8.74. The highest BCUT2D eigenvalue weighted by molar-refractivity contribution is 7.92. The predicted octanol–water partition coefficient (Wildman–Crippen LogP) is 3.71. The molecule has 0 unspecified atom stereocenters. The summed E-state index contributed by atoms with van der Waals surface area (Å²) in [7, 11) is -0.984. The van der Waals surface area contributed by atoms with Crippen molar-refractivity contribution in [3.8, 4) is 11.5 Å². The van der Waals surface area contributed by atoms with Gasteiger partial charge in [0.05, 0.1) is 21.6 Å². The first-order chi connectivity index (χ1) is 16.7. The molecule has 1 N–H and O–H groups in total. The smallest absolute Gasteiger partial charge is 0.316 e. The van der Waals surface area contributed by atoms with Gasteiger partial charge in [-0.05, 0) is 67.1 Å². The molecule has 4 aromatic rings. The van der Waals surface area contributed by atoms with Crippen LogP contribution in [0, 0.1) is 0 Å². The molecule has 1 aromatic heterocycles. The van der Waals surface area contributed by atoms with Crippen LogP contribution in [0.15, 0.2) is 75.1 Å². The van der Waals surface area contributed by atoms with Gasteiger partial charge < -0.3 is 13.9 Å². The third-order valence-corrected chi connectivity index (χ3v) is 7.80. The van der Waals surface area contributed by atoms with E-state index in [-0.39, 0.29) is 16.3 Å². The molecule has 0 bridgehead atoms. The van der Waals surface area contributed by atoms with Crippen molar-refractivity contribution >= 4 is 26.7 Å². The number of ether oxygens (including phenoxy) is 1. The zero-order valence-corrected chi connectivity index (χ0v) is 20.3. The van der Waals surface area contributed by atoms with Gasteiger partial charge in [0.1, 0.15) is 5.75 Å². The minimum atomic E-state index is -3.96. The highest BCUT2D eigenvalue weighted by Gasteiger charge is 2.22. The summed E-state index contributed by atoms with van der Waals surface area (Å²) in [5.74, 6) is 0.704. The van der Waals surface area contributed by atoms with Crippen LogP contribution < -0.4 is 20.6 Å². The maximum Gasteiger partial charge on any atom is 0.316 e. The lowest BCUT2D eigenvalue weighted by Gasteiger charge is -2.19. The van der Waals surface area contributed by atoms with Crippen molar-refractivity contribution in [3.63, 3.8) is 0 Å². The fourth-order valence-electron chi connectivity index (χ4n) is 4.46. The molecule has 1 heterocycles.